The predicted molar refractivity (Wildman–Crippen MR) is 139 cm³/mol. The van der Waals surface area contributed by atoms with Crippen molar-refractivity contribution in [1.82, 2.24) is 4.90 Å². The number of anilines is 2. The molecule has 0 aromatic heterocycles. The third kappa shape index (κ3) is 7.02. The molecule has 1 N–H and O–H groups in total. The fourth-order valence-electron chi connectivity index (χ4n) is 4.50. The van der Waals surface area contributed by atoms with Gasteiger partial charge in [-0.15, -0.1) is 0 Å². The maximum absolute atomic E-state index is 13.0. The second kappa shape index (κ2) is 12.7. The number of nitrogens with one attached hydrogen (secondary N) is 1. The largest absolute Gasteiger partial charge is 0.496 e. The molecule has 1 saturated heterocycles. The van der Waals surface area contributed by atoms with Gasteiger partial charge in [-0.05, 0) is 51.4 Å². The number of carbonyl (C=O) groups is 1. The molecule has 35 heavy (non-hydrogen) atoms. The molecule has 1 aliphatic rings. The second-order valence-corrected chi connectivity index (χ2v) is 8.76. The van der Waals surface area contributed by atoms with Crippen molar-refractivity contribution >= 4 is 17.3 Å². The van der Waals surface area contributed by atoms with E-state index in [1.807, 2.05) is 51.8 Å². The fraction of sp³-hybridized carbons (Fsp3) is 0.519. The van der Waals surface area contributed by atoms with Crippen molar-refractivity contribution in [3.05, 3.63) is 41.0 Å². The van der Waals surface area contributed by atoms with Crippen molar-refractivity contribution < 1.29 is 23.7 Å². The number of ether oxygens (including phenoxy) is 4. The molecule has 3 rings (SSSR count). The number of aryl methyl sites for hydroxylation is 2. The number of hydrogen-bond donors (Lipinski definition) is 1. The smallest absolute Gasteiger partial charge is 0.238 e. The summed E-state index contributed by atoms with van der Waals surface area (Å²) in [7, 11) is 3.62. The number of amides is 1. The van der Waals surface area contributed by atoms with Crippen molar-refractivity contribution in [2.45, 2.75) is 34.2 Å². The van der Waals surface area contributed by atoms with Crippen LogP contribution in [0.5, 0.6) is 17.2 Å². The van der Waals surface area contributed by atoms with Crippen molar-refractivity contribution in [2.75, 3.05) is 70.4 Å². The Bertz CT molecular complexity index is 982. The topological polar surface area (TPSA) is 72.5 Å². The number of hydrogen-bond acceptors (Lipinski definition) is 7. The van der Waals surface area contributed by atoms with E-state index in [0.717, 1.165) is 47.0 Å². The normalized spacial score (nSPS) is 13.6. The zero-order valence-electron chi connectivity index (χ0n) is 21.9. The van der Waals surface area contributed by atoms with E-state index in [-0.39, 0.29) is 12.5 Å². The molecular formula is C27H39N3O5. The van der Waals surface area contributed by atoms with Crippen LogP contribution < -0.4 is 24.4 Å². The quantitative estimate of drug-likeness (QED) is 0.515. The summed E-state index contributed by atoms with van der Waals surface area (Å²) >= 11 is 0. The zero-order chi connectivity index (χ0) is 25.4. The number of rotatable bonds is 11. The van der Waals surface area contributed by atoms with Gasteiger partial charge in [0.15, 0.2) is 0 Å². The van der Waals surface area contributed by atoms with Crippen LogP contribution in [0.1, 0.15) is 30.5 Å². The highest BCUT2D eigenvalue weighted by molar-refractivity contribution is 5.94. The minimum Gasteiger partial charge on any atom is -0.496 e. The molecule has 0 spiro atoms. The molecular weight excluding hydrogens is 446 g/mol. The van der Waals surface area contributed by atoms with Gasteiger partial charge in [0.1, 0.15) is 17.2 Å². The zero-order valence-corrected chi connectivity index (χ0v) is 21.9. The molecule has 0 aliphatic carbocycles. The van der Waals surface area contributed by atoms with Crippen LogP contribution >= 0.6 is 0 Å². The van der Waals surface area contributed by atoms with Crippen LogP contribution in [0.25, 0.3) is 0 Å². The Morgan fingerprint density at radius 3 is 2.26 bits per heavy atom. The molecule has 0 radical (unpaired) electrons. The van der Waals surface area contributed by atoms with Crippen LogP contribution in [0.2, 0.25) is 0 Å². The van der Waals surface area contributed by atoms with E-state index >= 15 is 0 Å². The maximum Gasteiger partial charge on any atom is 0.238 e. The number of carbonyl (C=O) groups excluding carboxylic acids is 1. The summed E-state index contributed by atoms with van der Waals surface area (Å²) in [6.07, 6.45) is 0. The van der Waals surface area contributed by atoms with Crippen molar-refractivity contribution in [2.24, 2.45) is 0 Å². The molecule has 0 bridgehead atoms. The van der Waals surface area contributed by atoms with Crippen LogP contribution in [0.15, 0.2) is 24.3 Å². The van der Waals surface area contributed by atoms with E-state index in [4.69, 9.17) is 18.9 Å². The standard InChI is InChI=1S/C27H39N3O5/c1-7-34-24-16-23(30-9-11-33-12-10-30)25(35-8-2)15-22(24)28-26(31)18-29(5)17-21-13-19(3)27(32-6)20(4)14-21/h13-16H,7-12,17-18H2,1-6H3,(H,28,31). The van der Waals surface area contributed by atoms with E-state index in [1.54, 1.807) is 7.11 Å². The maximum atomic E-state index is 13.0. The van der Waals surface area contributed by atoms with Gasteiger partial charge in [-0.2, -0.15) is 0 Å². The SMILES string of the molecule is CCOc1cc(N2CCOCC2)c(OCC)cc1NC(=O)CN(C)Cc1cc(C)c(OC)c(C)c1. The van der Waals surface area contributed by atoms with Gasteiger partial charge in [-0.25, -0.2) is 0 Å². The van der Waals surface area contributed by atoms with E-state index in [9.17, 15) is 4.79 Å². The Balaban J connectivity index is 1.74. The molecule has 1 aliphatic heterocycles. The van der Waals surface area contributed by atoms with Gasteiger partial charge >= 0.3 is 0 Å². The summed E-state index contributed by atoms with van der Waals surface area (Å²) < 4.78 is 22.8. The lowest BCUT2D eigenvalue weighted by atomic mass is 10.1. The van der Waals surface area contributed by atoms with Crippen LogP contribution in [0, 0.1) is 13.8 Å². The fourth-order valence-corrected chi connectivity index (χ4v) is 4.50. The van der Waals surface area contributed by atoms with Gasteiger partial charge in [0.05, 0.1) is 51.5 Å². The van der Waals surface area contributed by atoms with Gasteiger partial charge < -0.3 is 29.2 Å². The Labute approximate surface area is 209 Å². The monoisotopic (exact) mass is 485 g/mol. The molecule has 1 fully saturated rings. The lowest BCUT2D eigenvalue weighted by Gasteiger charge is -2.31. The number of methoxy groups -OCH3 is 1. The molecule has 1 heterocycles. The Morgan fingerprint density at radius 1 is 1.03 bits per heavy atom. The number of nitrogens with zero attached hydrogens (tertiary/aromatic N) is 2. The third-order valence-electron chi connectivity index (χ3n) is 5.88. The van der Waals surface area contributed by atoms with Gasteiger partial charge in [0, 0.05) is 31.8 Å². The molecule has 0 atom stereocenters. The van der Waals surface area contributed by atoms with Crippen LogP contribution in [-0.4, -0.2) is 71.0 Å². The van der Waals surface area contributed by atoms with Crippen LogP contribution in [0.3, 0.4) is 0 Å². The molecule has 1 amide bonds. The first-order valence-corrected chi connectivity index (χ1v) is 12.2. The molecule has 192 valence electrons. The molecule has 8 heteroatoms. The Kier molecular flexibility index (Phi) is 9.63. The molecule has 0 unspecified atom stereocenters. The van der Waals surface area contributed by atoms with Crippen molar-refractivity contribution in [3.8, 4) is 17.2 Å². The lowest BCUT2D eigenvalue weighted by Crippen LogP contribution is -2.36. The van der Waals surface area contributed by atoms with Gasteiger partial charge in [-0.1, -0.05) is 12.1 Å². The average Bonchev–Trinajstić information content (AvgIpc) is 2.81. The van der Waals surface area contributed by atoms with E-state index < -0.39 is 0 Å². The van der Waals surface area contributed by atoms with Crippen molar-refractivity contribution in [1.29, 1.82) is 0 Å². The predicted octanol–water partition coefficient (Wildman–Crippen LogP) is 4.02. The highest BCUT2D eigenvalue weighted by atomic mass is 16.5. The summed E-state index contributed by atoms with van der Waals surface area (Å²) in [5.41, 5.74) is 4.89. The second-order valence-electron chi connectivity index (χ2n) is 8.76. The van der Waals surface area contributed by atoms with Crippen LogP contribution in [-0.2, 0) is 16.1 Å². The first-order valence-electron chi connectivity index (χ1n) is 12.2. The van der Waals surface area contributed by atoms with Crippen LogP contribution in [0.4, 0.5) is 11.4 Å². The first kappa shape index (κ1) is 26.6. The highest BCUT2D eigenvalue weighted by Gasteiger charge is 2.21. The minimum atomic E-state index is -0.114. The summed E-state index contributed by atoms with van der Waals surface area (Å²) in [4.78, 5) is 17.2. The van der Waals surface area contributed by atoms with Gasteiger partial charge in [-0.3, -0.25) is 9.69 Å². The average molecular weight is 486 g/mol. The molecule has 0 saturated carbocycles. The van der Waals surface area contributed by atoms with Gasteiger partial charge in [0.25, 0.3) is 0 Å². The number of likely N-dealkylation sites (N-methyl/N-ethyl adjacent to an activating group) is 1. The molecule has 2 aromatic rings. The molecule has 2 aromatic carbocycles. The summed E-state index contributed by atoms with van der Waals surface area (Å²) in [6, 6.07) is 8.04. The van der Waals surface area contributed by atoms with Crippen molar-refractivity contribution in [3.63, 3.8) is 0 Å². The third-order valence-corrected chi connectivity index (χ3v) is 5.88. The van der Waals surface area contributed by atoms with E-state index in [2.05, 4.69) is 22.3 Å². The number of benzene rings is 2. The summed E-state index contributed by atoms with van der Waals surface area (Å²) in [5, 5.41) is 3.03. The highest BCUT2D eigenvalue weighted by Crippen LogP contribution is 2.39. The Hall–Kier alpha value is -2.97. The number of morpholine rings is 1. The minimum absolute atomic E-state index is 0.114. The van der Waals surface area contributed by atoms with E-state index in [1.165, 1.54) is 0 Å². The van der Waals surface area contributed by atoms with Gasteiger partial charge in [0.2, 0.25) is 5.91 Å². The summed E-state index contributed by atoms with van der Waals surface area (Å²) in [5.74, 6) is 2.15. The van der Waals surface area contributed by atoms with E-state index in [0.29, 0.717) is 44.4 Å². The first-order chi connectivity index (χ1) is 16.9. The summed E-state index contributed by atoms with van der Waals surface area (Å²) in [6.45, 7) is 12.8. The molecule has 8 nitrogen and oxygen atoms in total. The Morgan fingerprint density at radius 2 is 1.66 bits per heavy atom. The lowest BCUT2D eigenvalue weighted by molar-refractivity contribution is -0.117.